The van der Waals surface area contributed by atoms with Gasteiger partial charge in [0.25, 0.3) is 0 Å². The van der Waals surface area contributed by atoms with Gasteiger partial charge in [-0.3, -0.25) is 0 Å². The van der Waals surface area contributed by atoms with Crippen LogP contribution in [0.15, 0.2) is 0 Å². The molecule has 0 amide bonds. The van der Waals surface area contributed by atoms with Crippen molar-refractivity contribution in [3.8, 4) is 0 Å². The van der Waals surface area contributed by atoms with Crippen molar-refractivity contribution in [2.75, 3.05) is 0 Å². The van der Waals surface area contributed by atoms with Gasteiger partial charge in [-0.25, -0.2) is 0 Å². The van der Waals surface area contributed by atoms with Gasteiger partial charge < -0.3 is 0 Å². The molecule has 0 bridgehead atoms. The van der Waals surface area contributed by atoms with E-state index in [4.69, 9.17) is 34.8 Å². The molecular formula is C2H2Cl3Li. The van der Waals surface area contributed by atoms with Gasteiger partial charge in [0.2, 0.25) is 0 Å². The summed E-state index contributed by atoms with van der Waals surface area (Å²) in [5.41, 5.74) is 0. The van der Waals surface area contributed by atoms with E-state index in [2.05, 4.69) is 0 Å². The van der Waals surface area contributed by atoms with Gasteiger partial charge >= 0.3 is 61.4 Å². The van der Waals surface area contributed by atoms with Crippen molar-refractivity contribution < 1.29 is 0 Å². The first-order valence-corrected chi connectivity index (χ1v) is 2.76. The van der Waals surface area contributed by atoms with Crippen LogP contribution in [0.5, 0.6) is 0 Å². The van der Waals surface area contributed by atoms with E-state index in [1.54, 1.807) is 0 Å². The molecule has 0 fully saturated rings. The molecule has 6 heavy (non-hydrogen) atoms. The predicted octanol–water partition coefficient (Wildman–Crippen LogP) is 1.94. The summed E-state index contributed by atoms with van der Waals surface area (Å²) >= 11 is 17.6. The fourth-order valence-corrected chi connectivity index (χ4v) is 0. The van der Waals surface area contributed by atoms with Crippen molar-refractivity contribution in [3.63, 3.8) is 0 Å². The Morgan fingerprint density at radius 3 is 1.50 bits per heavy atom. The number of halogens is 3. The number of hydrogen-bond donors (Lipinski definition) is 0. The second-order valence-corrected chi connectivity index (χ2v) is 3.48. The van der Waals surface area contributed by atoms with E-state index < -0.39 is 3.79 Å². The van der Waals surface area contributed by atoms with E-state index in [0.717, 1.165) is 0 Å². The summed E-state index contributed by atoms with van der Waals surface area (Å²) in [6.45, 7) is 0. The van der Waals surface area contributed by atoms with Crippen molar-refractivity contribution in [1.82, 2.24) is 0 Å². The quantitative estimate of drug-likeness (QED) is 0.355. The Hall–Kier alpha value is 1.47. The molecule has 0 aromatic rings. The minimum atomic E-state index is -1.04. The van der Waals surface area contributed by atoms with E-state index in [9.17, 15) is 0 Å². The van der Waals surface area contributed by atoms with Crippen molar-refractivity contribution in [3.05, 3.63) is 0 Å². The summed E-state index contributed by atoms with van der Waals surface area (Å²) in [4.78, 5) is 0. The molecule has 0 aliphatic rings. The molecule has 32 valence electrons. The van der Waals surface area contributed by atoms with Crippen molar-refractivity contribution >= 4 is 52.5 Å². The zero-order valence-electron chi connectivity index (χ0n) is 3.34. The van der Waals surface area contributed by atoms with Crippen LogP contribution in [-0.4, -0.2) is 21.5 Å². The van der Waals surface area contributed by atoms with Crippen LogP contribution in [-0.2, 0) is 0 Å². The van der Waals surface area contributed by atoms with Crippen LogP contribution >= 0.6 is 34.8 Å². The fraction of sp³-hybridized carbons (Fsp3) is 1.00. The second-order valence-electron chi connectivity index (χ2n) is 0.969. The van der Waals surface area contributed by atoms with Crippen LogP contribution < -0.4 is 0 Å². The Morgan fingerprint density at radius 2 is 1.50 bits per heavy atom. The molecule has 0 N–H and O–H groups in total. The van der Waals surface area contributed by atoms with Gasteiger partial charge in [0.05, 0.1) is 0 Å². The van der Waals surface area contributed by atoms with Crippen molar-refractivity contribution in [2.45, 2.75) is 8.89 Å². The van der Waals surface area contributed by atoms with Gasteiger partial charge in [-0.05, 0) is 0 Å². The third-order valence-electron chi connectivity index (χ3n) is 0.401. The molecule has 0 saturated carbocycles. The minimum absolute atomic E-state index is 0.567. The first kappa shape index (κ1) is 7.47. The maximum atomic E-state index is 5.25. The Bertz CT molecular complexity index is 38.5. The summed E-state index contributed by atoms with van der Waals surface area (Å²) in [7, 11) is 0. The third-order valence-corrected chi connectivity index (χ3v) is 1.20. The first-order valence-electron chi connectivity index (χ1n) is 1.63. The average molecular weight is 139 g/mol. The summed E-state index contributed by atoms with van der Waals surface area (Å²) in [5.74, 6) is 0. The predicted molar refractivity (Wildman–Crippen MR) is 30.9 cm³/mol. The molecule has 0 unspecified atom stereocenters. The van der Waals surface area contributed by atoms with Crippen LogP contribution in [0.2, 0.25) is 5.09 Å². The van der Waals surface area contributed by atoms with Gasteiger partial charge in [0.1, 0.15) is 0 Å². The van der Waals surface area contributed by atoms with Gasteiger partial charge in [-0.2, -0.15) is 0 Å². The number of hydrogen-bond acceptors (Lipinski definition) is 0. The normalized spacial score (nSPS) is 12.2. The van der Waals surface area contributed by atoms with Crippen LogP contribution in [0.3, 0.4) is 0 Å². The zero-order valence-corrected chi connectivity index (χ0v) is 5.61. The van der Waals surface area contributed by atoms with E-state index in [1.807, 2.05) is 17.7 Å². The molecule has 0 radical (unpaired) electrons. The third kappa shape index (κ3) is 5.47. The maximum absolute atomic E-state index is 5.25. The van der Waals surface area contributed by atoms with Gasteiger partial charge in [-0.15, -0.1) is 0 Å². The number of rotatable bonds is 0. The molecule has 4 heteroatoms. The average Bonchev–Trinajstić information content (AvgIpc) is 1.35. The van der Waals surface area contributed by atoms with E-state index >= 15 is 0 Å². The Labute approximate surface area is 61.3 Å². The molecule has 0 aliphatic carbocycles. The molecule has 0 rings (SSSR count). The monoisotopic (exact) mass is 138 g/mol. The van der Waals surface area contributed by atoms with Crippen molar-refractivity contribution in [1.29, 1.82) is 0 Å². The van der Waals surface area contributed by atoms with Gasteiger partial charge in [-0.1, -0.05) is 0 Å². The first-order chi connectivity index (χ1) is 2.56. The van der Waals surface area contributed by atoms with Crippen LogP contribution in [0, 0.1) is 0 Å². The fourth-order valence-electron chi connectivity index (χ4n) is 0. The topological polar surface area (TPSA) is 0 Å². The zero-order chi connectivity index (χ0) is 5.21. The van der Waals surface area contributed by atoms with Crippen LogP contribution in [0.4, 0.5) is 0 Å². The van der Waals surface area contributed by atoms with E-state index in [1.165, 1.54) is 0 Å². The second kappa shape index (κ2) is 2.70. The number of alkyl halides is 3. The molecule has 0 atom stereocenters. The van der Waals surface area contributed by atoms with Crippen molar-refractivity contribution in [2.24, 2.45) is 0 Å². The summed E-state index contributed by atoms with van der Waals surface area (Å²) < 4.78 is -1.04. The van der Waals surface area contributed by atoms with Gasteiger partial charge in [0, 0.05) is 0 Å². The molecule has 0 aliphatic heterocycles. The SMILES string of the molecule is [Li][CH2]C(Cl)(Cl)Cl. The molecule has 0 spiro atoms. The molecule has 0 aromatic heterocycles. The Balaban J connectivity index is 3.17. The summed E-state index contributed by atoms with van der Waals surface area (Å²) in [6.07, 6.45) is 0. The van der Waals surface area contributed by atoms with Crippen LogP contribution in [0.1, 0.15) is 0 Å². The standard InChI is InChI=1S/C2H2Cl3.Li/c1-2(3,4)5;/h1H2;. The van der Waals surface area contributed by atoms with Gasteiger partial charge in [0.15, 0.2) is 0 Å². The Kier molecular flexibility index (Phi) is 3.36. The Morgan fingerprint density at radius 1 is 1.33 bits per heavy atom. The molecule has 0 heterocycles. The summed E-state index contributed by atoms with van der Waals surface area (Å²) in [6, 6.07) is 0. The molecule has 0 aromatic carbocycles. The van der Waals surface area contributed by atoms with Crippen LogP contribution in [0.25, 0.3) is 0 Å². The molecule has 0 saturated heterocycles. The van der Waals surface area contributed by atoms with E-state index in [-0.39, 0.29) is 0 Å². The van der Waals surface area contributed by atoms with E-state index in [0.29, 0.717) is 5.09 Å². The molecule has 0 nitrogen and oxygen atoms in total. The molecular weight excluding hydrogens is 137 g/mol. The summed E-state index contributed by atoms with van der Waals surface area (Å²) in [5, 5.41) is 0.567.